The molecule has 0 aliphatic carbocycles. The predicted molar refractivity (Wildman–Crippen MR) is 119 cm³/mol. The van der Waals surface area contributed by atoms with Crippen molar-refractivity contribution in [2.45, 2.75) is 36.9 Å². The molecular formula is C25H25NO4S. The summed E-state index contributed by atoms with van der Waals surface area (Å²) in [7, 11) is -4.04. The van der Waals surface area contributed by atoms with E-state index in [1.165, 1.54) is 4.31 Å². The van der Waals surface area contributed by atoms with E-state index in [0.717, 1.165) is 11.1 Å². The summed E-state index contributed by atoms with van der Waals surface area (Å²) in [4.78, 5) is 13.8. The fourth-order valence-corrected chi connectivity index (χ4v) is 5.97. The van der Waals surface area contributed by atoms with Crippen LogP contribution >= 0.6 is 0 Å². The van der Waals surface area contributed by atoms with Gasteiger partial charge in [0.15, 0.2) is 5.72 Å². The number of ether oxygens (including phenoxy) is 1. The second-order valence-electron chi connectivity index (χ2n) is 7.68. The third-order valence-electron chi connectivity index (χ3n) is 5.75. The number of hydrogen-bond donors (Lipinski definition) is 0. The number of nitrogens with zero attached hydrogens (tertiary/aromatic N) is 1. The summed E-state index contributed by atoms with van der Waals surface area (Å²) in [5, 5.41) is 0. The minimum Gasteiger partial charge on any atom is -0.350 e. The van der Waals surface area contributed by atoms with Gasteiger partial charge >= 0.3 is 0 Å². The van der Waals surface area contributed by atoms with Crippen LogP contribution in [0.4, 0.5) is 0 Å². The predicted octanol–water partition coefficient (Wildman–Crippen LogP) is 4.75. The first-order valence-electron chi connectivity index (χ1n) is 10.3. The van der Waals surface area contributed by atoms with Crippen LogP contribution in [0, 0.1) is 6.92 Å². The summed E-state index contributed by atoms with van der Waals surface area (Å²) in [5.74, 6) is -0.357. The lowest BCUT2D eigenvalue weighted by Crippen LogP contribution is -2.54. The molecule has 6 heteroatoms. The van der Waals surface area contributed by atoms with Crippen LogP contribution in [-0.4, -0.2) is 30.8 Å². The minimum atomic E-state index is -4.04. The van der Waals surface area contributed by atoms with E-state index >= 15 is 0 Å². The fourth-order valence-electron chi connectivity index (χ4n) is 4.09. The quantitative estimate of drug-likeness (QED) is 0.525. The molecule has 0 amide bonds. The summed E-state index contributed by atoms with van der Waals surface area (Å²) in [6, 6.07) is 24.1. The Kier molecular flexibility index (Phi) is 5.79. The van der Waals surface area contributed by atoms with Crippen LogP contribution in [0.3, 0.4) is 0 Å². The van der Waals surface area contributed by atoms with Crippen LogP contribution in [0.2, 0.25) is 0 Å². The van der Waals surface area contributed by atoms with Gasteiger partial charge in [-0.15, -0.1) is 0 Å². The maximum atomic E-state index is 13.9. The fraction of sp³-hybridized carbons (Fsp3) is 0.240. The van der Waals surface area contributed by atoms with Gasteiger partial charge in [-0.25, -0.2) is 8.42 Å². The third kappa shape index (κ3) is 3.71. The molecule has 4 rings (SSSR count). The van der Waals surface area contributed by atoms with Crippen molar-refractivity contribution in [2.75, 3.05) is 6.61 Å². The highest BCUT2D eigenvalue weighted by Gasteiger charge is 2.58. The third-order valence-corrected chi connectivity index (χ3v) is 7.69. The topological polar surface area (TPSA) is 63.7 Å². The van der Waals surface area contributed by atoms with Gasteiger partial charge in [0.25, 0.3) is 0 Å². The first-order valence-corrected chi connectivity index (χ1v) is 11.7. The standard InChI is InChI=1S/C25H25NO4S/c1-3-25(24(27)21-12-8-5-9-13-21)26(23(18-30-25)20-10-6-4-7-11-20)31(28,29)22-16-14-19(2)15-17-22/h4-17,23H,3,18H2,1-2H3/t23-,25-/m0/s1. The molecule has 1 saturated heterocycles. The molecule has 0 unspecified atom stereocenters. The van der Waals surface area contributed by atoms with Gasteiger partial charge in [-0.1, -0.05) is 85.3 Å². The Hall–Kier alpha value is -2.80. The Morgan fingerprint density at radius 3 is 2.13 bits per heavy atom. The number of hydrogen-bond acceptors (Lipinski definition) is 4. The number of benzene rings is 3. The zero-order valence-electron chi connectivity index (χ0n) is 17.6. The summed E-state index contributed by atoms with van der Waals surface area (Å²) >= 11 is 0. The first kappa shape index (κ1) is 21.4. The molecule has 1 aliphatic heterocycles. The molecule has 0 aromatic heterocycles. The van der Waals surface area contributed by atoms with Gasteiger partial charge in [-0.3, -0.25) is 4.79 Å². The van der Waals surface area contributed by atoms with Crippen LogP contribution in [0.5, 0.6) is 0 Å². The number of sulfonamides is 1. The monoisotopic (exact) mass is 435 g/mol. The molecule has 0 saturated carbocycles. The van der Waals surface area contributed by atoms with E-state index in [2.05, 4.69) is 0 Å². The van der Waals surface area contributed by atoms with Gasteiger partial charge in [0.05, 0.1) is 17.5 Å². The molecule has 3 aromatic rings. The lowest BCUT2D eigenvalue weighted by atomic mass is 9.97. The normalized spacial score (nSPS) is 21.8. The summed E-state index contributed by atoms with van der Waals surface area (Å²) in [6.45, 7) is 3.78. The van der Waals surface area contributed by atoms with E-state index in [0.29, 0.717) is 5.56 Å². The number of Topliss-reactive ketones (excluding diaryl/α,β-unsaturated/α-hetero) is 1. The summed E-state index contributed by atoms with van der Waals surface area (Å²) in [6.07, 6.45) is 0.190. The van der Waals surface area contributed by atoms with Gasteiger partial charge in [0.1, 0.15) is 0 Å². The second kappa shape index (κ2) is 8.38. The number of aryl methyl sites for hydroxylation is 1. The zero-order chi connectivity index (χ0) is 22.1. The molecule has 0 spiro atoms. The molecule has 1 heterocycles. The molecule has 1 aliphatic rings. The smallest absolute Gasteiger partial charge is 0.246 e. The van der Waals surface area contributed by atoms with Gasteiger partial charge in [-0.2, -0.15) is 4.31 Å². The molecule has 1 fully saturated rings. The van der Waals surface area contributed by atoms with Gasteiger partial charge in [0.2, 0.25) is 15.8 Å². The highest BCUT2D eigenvalue weighted by molar-refractivity contribution is 7.89. The van der Waals surface area contributed by atoms with Crippen molar-refractivity contribution >= 4 is 15.8 Å². The minimum absolute atomic E-state index is 0.0987. The van der Waals surface area contributed by atoms with E-state index in [-0.39, 0.29) is 23.7 Å². The van der Waals surface area contributed by atoms with Crippen LogP contribution in [0.1, 0.15) is 40.9 Å². The number of carbonyl (C=O) groups is 1. The molecule has 160 valence electrons. The highest BCUT2D eigenvalue weighted by Crippen LogP contribution is 2.45. The molecule has 5 nitrogen and oxygen atoms in total. The maximum Gasteiger partial charge on any atom is 0.246 e. The van der Waals surface area contributed by atoms with Crippen LogP contribution in [-0.2, 0) is 14.8 Å². The Bertz CT molecular complexity index is 1160. The zero-order valence-corrected chi connectivity index (χ0v) is 18.4. The van der Waals surface area contributed by atoms with Crippen molar-refractivity contribution in [3.05, 3.63) is 102 Å². The van der Waals surface area contributed by atoms with E-state index in [9.17, 15) is 13.2 Å². The molecule has 2 atom stereocenters. The van der Waals surface area contributed by atoms with E-state index in [1.807, 2.05) is 43.3 Å². The van der Waals surface area contributed by atoms with Crippen molar-refractivity contribution in [1.82, 2.24) is 4.31 Å². The second-order valence-corrected chi connectivity index (χ2v) is 9.50. The van der Waals surface area contributed by atoms with Crippen molar-refractivity contribution in [2.24, 2.45) is 0 Å². The van der Waals surface area contributed by atoms with Crippen LogP contribution in [0.25, 0.3) is 0 Å². The van der Waals surface area contributed by atoms with Gasteiger partial charge in [-0.05, 0) is 31.0 Å². The van der Waals surface area contributed by atoms with Crippen LogP contribution in [0.15, 0.2) is 89.8 Å². The Morgan fingerprint density at radius 2 is 1.55 bits per heavy atom. The van der Waals surface area contributed by atoms with Crippen molar-refractivity contribution < 1.29 is 17.9 Å². The molecule has 0 bridgehead atoms. The maximum absolute atomic E-state index is 13.9. The van der Waals surface area contributed by atoms with Crippen molar-refractivity contribution in [3.8, 4) is 0 Å². The number of ketones is 1. The lowest BCUT2D eigenvalue weighted by Gasteiger charge is -2.36. The van der Waals surface area contributed by atoms with Gasteiger partial charge < -0.3 is 4.74 Å². The van der Waals surface area contributed by atoms with Crippen molar-refractivity contribution in [1.29, 1.82) is 0 Å². The Balaban J connectivity index is 1.90. The molecule has 0 N–H and O–H groups in total. The Morgan fingerprint density at radius 1 is 0.968 bits per heavy atom. The average Bonchev–Trinajstić information content (AvgIpc) is 3.22. The van der Waals surface area contributed by atoms with Crippen LogP contribution < -0.4 is 0 Å². The van der Waals surface area contributed by atoms with Crippen molar-refractivity contribution in [3.63, 3.8) is 0 Å². The molecule has 0 radical (unpaired) electrons. The average molecular weight is 436 g/mol. The van der Waals surface area contributed by atoms with E-state index < -0.39 is 21.8 Å². The summed E-state index contributed by atoms with van der Waals surface area (Å²) < 4.78 is 35.3. The lowest BCUT2D eigenvalue weighted by molar-refractivity contribution is -0.0289. The molecule has 31 heavy (non-hydrogen) atoms. The SMILES string of the molecule is CC[C@@]1(C(=O)c2ccccc2)OC[C@@H](c2ccccc2)N1S(=O)(=O)c1ccc(C)cc1. The van der Waals surface area contributed by atoms with E-state index in [1.54, 1.807) is 55.5 Å². The van der Waals surface area contributed by atoms with Gasteiger partial charge in [0, 0.05) is 5.56 Å². The molecule has 3 aromatic carbocycles. The number of rotatable bonds is 6. The number of carbonyl (C=O) groups excluding carboxylic acids is 1. The Labute approximate surface area is 183 Å². The van der Waals surface area contributed by atoms with E-state index in [4.69, 9.17) is 4.74 Å². The summed E-state index contributed by atoms with van der Waals surface area (Å²) in [5.41, 5.74) is 0.542. The first-order chi connectivity index (χ1) is 14.9. The molecular weight excluding hydrogens is 410 g/mol. The highest BCUT2D eigenvalue weighted by atomic mass is 32.2. The largest absolute Gasteiger partial charge is 0.350 e.